The van der Waals surface area contributed by atoms with Crippen LogP contribution in [0.2, 0.25) is 5.02 Å². The number of hydrogen-bond acceptors (Lipinski definition) is 3. The fourth-order valence-electron chi connectivity index (χ4n) is 2.85. The molecule has 0 spiro atoms. The monoisotopic (exact) mass is 317 g/mol. The fraction of sp³-hybridized carbons (Fsp3) is 0.571. The molecule has 0 bridgehead atoms. The van der Waals surface area contributed by atoms with E-state index in [1.807, 2.05) is 12.1 Å². The Kier molecular flexibility index (Phi) is 4.94. The molecule has 0 unspecified atom stereocenters. The van der Waals surface area contributed by atoms with Gasteiger partial charge >= 0.3 is 0 Å². The van der Waals surface area contributed by atoms with Gasteiger partial charge in [0.2, 0.25) is 10.0 Å². The average molecular weight is 318 g/mol. The Morgan fingerprint density at radius 2 is 1.95 bits per heavy atom. The highest BCUT2D eigenvalue weighted by atomic mass is 35.5. The van der Waals surface area contributed by atoms with Crippen molar-refractivity contribution < 1.29 is 13.2 Å². The maximum absolute atomic E-state index is 11.5. The molecule has 0 atom stereocenters. The molecule has 6 heteroatoms. The van der Waals surface area contributed by atoms with E-state index in [1.54, 1.807) is 12.1 Å². The lowest BCUT2D eigenvalue weighted by atomic mass is 9.76. The predicted molar refractivity (Wildman–Crippen MR) is 80.4 cm³/mol. The second kappa shape index (κ2) is 6.33. The van der Waals surface area contributed by atoms with Crippen molar-refractivity contribution in [2.45, 2.75) is 32.1 Å². The third kappa shape index (κ3) is 4.65. The first kappa shape index (κ1) is 15.6. The number of rotatable bonds is 5. The van der Waals surface area contributed by atoms with Crippen molar-refractivity contribution in [3.8, 4) is 5.75 Å². The van der Waals surface area contributed by atoms with Gasteiger partial charge in [0.1, 0.15) is 5.75 Å². The van der Waals surface area contributed by atoms with Crippen LogP contribution in [0.3, 0.4) is 0 Å². The second-order valence-corrected chi connectivity index (χ2v) is 7.66. The molecule has 1 aromatic rings. The Hall–Kier alpha value is -0.780. The zero-order valence-electron chi connectivity index (χ0n) is 11.3. The molecule has 4 nitrogen and oxygen atoms in total. The van der Waals surface area contributed by atoms with E-state index >= 15 is 0 Å². The maximum Gasteiger partial charge on any atom is 0.209 e. The average Bonchev–Trinajstić information content (AvgIpc) is 2.36. The lowest BCUT2D eigenvalue weighted by molar-refractivity contribution is 0.118. The highest BCUT2D eigenvalue weighted by Gasteiger charge is 2.36. The van der Waals surface area contributed by atoms with Crippen molar-refractivity contribution in [3.05, 3.63) is 29.3 Å². The molecule has 0 amide bonds. The van der Waals surface area contributed by atoms with Crippen molar-refractivity contribution in [2.24, 2.45) is 10.6 Å². The van der Waals surface area contributed by atoms with Crippen LogP contribution in [0.4, 0.5) is 0 Å². The lowest BCUT2D eigenvalue weighted by Crippen LogP contribution is -2.40. The van der Waals surface area contributed by atoms with Gasteiger partial charge in [0, 0.05) is 10.4 Å². The Labute approximate surface area is 125 Å². The summed E-state index contributed by atoms with van der Waals surface area (Å²) >= 11 is 5.91. The van der Waals surface area contributed by atoms with E-state index in [4.69, 9.17) is 21.5 Å². The Morgan fingerprint density at radius 1 is 1.25 bits per heavy atom. The zero-order valence-corrected chi connectivity index (χ0v) is 12.9. The smallest absolute Gasteiger partial charge is 0.209 e. The third-order valence-electron chi connectivity index (χ3n) is 3.76. The molecule has 0 aliphatic heterocycles. The largest absolute Gasteiger partial charge is 0.493 e. The first-order chi connectivity index (χ1) is 9.39. The van der Waals surface area contributed by atoms with Crippen LogP contribution in [0.15, 0.2) is 24.3 Å². The molecule has 20 heavy (non-hydrogen) atoms. The molecule has 2 rings (SSSR count). The summed E-state index contributed by atoms with van der Waals surface area (Å²) in [6.45, 7) is 0.365. The highest BCUT2D eigenvalue weighted by molar-refractivity contribution is 7.89. The summed E-state index contributed by atoms with van der Waals surface area (Å²) in [4.78, 5) is 0. The highest BCUT2D eigenvalue weighted by Crippen LogP contribution is 2.38. The number of halogens is 1. The molecular formula is C14H20ClNO3S. The first-order valence-corrected chi connectivity index (χ1v) is 8.87. The van der Waals surface area contributed by atoms with Crippen molar-refractivity contribution in [2.75, 3.05) is 12.4 Å². The molecule has 112 valence electrons. The van der Waals surface area contributed by atoms with Crippen molar-refractivity contribution >= 4 is 21.6 Å². The summed E-state index contributed by atoms with van der Waals surface area (Å²) in [5.41, 5.74) is -0.367. The van der Waals surface area contributed by atoms with Crippen molar-refractivity contribution in [1.29, 1.82) is 0 Å². The van der Waals surface area contributed by atoms with Crippen molar-refractivity contribution in [3.63, 3.8) is 0 Å². The maximum atomic E-state index is 11.5. The van der Waals surface area contributed by atoms with Crippen LogP contribution in [0.25, 0.3) is 0 Å². The number of benzene rings is 1. The minimum absolute atomic E-state index is 0.0133. The van der Waals surface area contributed by atoms with Crippen LogP contribution in [-0.4, -0.2) is 20.8 Å². The molecule has 1 aliphatic rings. The molecular weight excluding hydrogens is 298 g/mol. The van der Waals surface area contributed by atoms with Crippen LogP contribution in [0.5, 0.6) is 5.75 Å². The summed E-state index contributed by atoms with van der Waals surface area (Å²) in [6.07, 6.45) is 4.86. The number of ether oxygens (including phenoxy) is 1. The van der Waals surface area contributed by atoms with Gasteiger partial charge in [-0.2, -0.15) is 0 Å². The fourth-order valence-corrected chi connectivity index (χ4v) is 4.26. The van der Waals surface area contributed by atoms with Gasteiger partial charge in [-0.15, -0.1) is 0 Å². The summed E-state index contributed by atoms with van der Waals surface area (Å²) < 4.78 is 28.7. The minimum atomic E-state index is -3.50. The first-order valence-electron chi connectivity index (χ1n) is 6.78. The zero-order chi connectivity index (χ0) is 14.6. The van der Waals surface area contributed by atoms with E-state index in [9.17, 15) is 8.42 Å². The Bertz CT molecular complexity index is 553. The van der Waals surface area contributed by atoms with Crippen LogP contribution < -0.4 is 9.88 Å². The Balaban J connectivity index is 2.08. The molecule has 0 aromatic heterocycles. The molecule has 0 saturated heterocycles. The topological polar surface area (TPSA) is 69.4 Å². The van der Waals surface area contributed by atoms with E-state index in [0.717, 1.165) is 32.1 Å². The summed E-state index contributed by atoms with van der Waals surface area (Å²) in [5, 5.41) is 5.84. The molecule has 0 heterocycles. The van der Waals surface area contributed by atoms with E-state index < -0.39 is 10.0 Å². The SMILES string of the molecule is NS(=O)(=O)CC1(COc2cccc(Cl)c2)CCCCC1. The third-order valence-corrected chi connectivity index (χ3v) is 5.01. The molecule has 1 aromatic carbocycles. The molecule has 1 aliphatic carbocycles. The van der Waals surface area contributed by atoms with Gasteiger partial charge < -0.3 is 4.74 Å². The standard InChI is InChI=1S/C14H20ClNO3S/c15-12-5-4-6-13(9-12)19-10-14(11-20(16,17)18)7-2-1-3-8-14/h4-6,9H,1-3,7-8,10-11H2,(H2,16,17,18). The predicted octanol–water partition coefficient (Wildman–Crippen LogP) is 2.96. The van der Waals surface area contributed by atoms with Gasteiger partial charge in [0.25, 0.3) is 0 Å². The van der Waals surface area contributed by atoms with Gasteiger partial charge in [-0.25, -0.2) is 13.6 Å². The van der Waals surface area contributed by atoms with Crippen LogP contribution in [-0.2, 0) is 10.0 Å². The Morgan fingerprint density at radius 3 is 2.55 bits per heavy atom. The van der Waals surface area contributed by atoms with Gasteiger partial charge in [-0.1, -0.05) is 36.9 Å². The molecule has 0 radical (unpaired) electrons. The molecule has 2 N–H and O–H groups in total. The van der Waals surface area contributed by atoms with Crippen LogP contribution >= 0.6 is 11.6 Å². The van der Waals surface area contributed by atoms with Crippen LogP contribution in [0.1, 0.15) is 32.1 Å². The second-order valence-electron chi connectivity index (χ2n) is 5.61. The lowest BCUT2D eigenvalue weighted by Gasteiger charge is -2.36. The quantitative estimate of drug-likeness (QED) is 0.907. The number of nitrogens with two attached hydrogens (primary N) is 1. The van der Waals surface area contributed by atoms with E-state index in [1.165, 1.54) is 0 Å². The van der Waals surface area contributed by atoms with E-state index in [0.29, 0.717) is 17.4 Å². The molecule has 1 fully saturated rings. The van der Waals surface area contributed by atoms with Crippen LogP contribution in [0, 0.1) is 5.41 Å². The van der Waals surface area contributed by atoms with Gasteiger partial charge in [-0.3, -0.25) is 0 Å². The van der Waals surface area contributed by atoms with E-state index in [-0.39, 0.29) is 11.2 Å². The van der Waals surface area contributed by atoms with E-state index in [2.05, 4.69) is 0 Å². The van der Waals surface area contributed by atoms with Gasteiger partial charge in [0.15, 0.2) is 0 Å². The van der Waals surface area contributed by atoms with Crippen molar-refractivity contribution in [1.82, 2.24) is 0 Å². The van der Waals surface area contributed by atoms with Gasteiger partial charge in [0.05, 0.1) is 12.4 Å². The normalized spacial score (nSPS) is 18.7. The molecule has 1 saturated carbocycles. The summed E-state index contributed by atoms with van der Waals surface area (Å²) in [6, 6.07) is 7.13. The van der Waals surface area contributed by atoms with Gasteiger partial charge in [-0.05, 0) is 31.0 Å². The summed E-state index contributed by atoms with van der Waals surface area (Å²) in [7, 11) is -3.50. The number of hydrogen-bond donors (Lipinski definition) is 1. The minimum Gasteiger partial charge on any atom is -0.493 e. The summed E-state index contributed by atoms with van der Waals surface area (Å²) in [5.74, 6) is 0.650. The number of sulfonamides is 1. The number of primary sulfonamides is 1.